The lowest BCUT2D eigenvalue weighted by Crippen LogP contribution is -2.16. The minimum atomic E-state index is -4.56. The lowest BCUT2D eigenvalue weighted by molar-refractivity contribution is -0.136. The van der Waals surface area contributed by atoms with Crippen molar-refractivity contribution in [2.75, 3.05) is 12.4 Å². The number of nitrogens with one attached hydrogen (secondary N) is 1. The van der Waals surface area contributed by atoms with Gasteiger partial charge < -0.3 is 10.1 Å². The molecule has 2 aromatic carbocycles. The molecular weight excluding hydrogens is 389 g/mol. The van der Waals surface area contributed by atoms with Gasteiger partial charge in [-0.3, -0.25) is 4.79 Å². The molecule has 0 fully saturated rings. The number of halogens is 3. The normalized spacial score (nSPS) is 11.6. The van der Waals surface area contributed by atoms with Crippen LogP contribution in [-0.4, -0.2) is 19.2 Å². The smallest absolute Gasteiger partial charge is 0.418 e. The van der Waals surface area contributed by atoms with Crippen LogP contribution in [0.25, 0.3) is 0 Å². The molecule has 0 aliphatic carbocycles. The molecule has 3 rings (SSSR count). The van der Waals surface area contributed by atoms with Crippen LogP contribution in [-0.2, 0) is 6.18 Å². The molecule has 3 aromatic rings. The summed E-state index contributed by atoms with van der Waals surface area (Å²) in [6.45, 7) is 0. The highest BCUT2D eigenvalue weighted by molar-refractivity contribution is 7.14. The first-order chi connectivity index (χ1) is 13.4. The fraction of sp³-hybridized carbons (Fsp3) is 0.100. The number of para-hydroxylation sites is 1. The number of nitrogens with zero attached hydrogens (tertiary/aromatic N) is 1. The molecule has 0 atom stereocenters. The summed E-state index contributed by atoms with van der Waals surface area (Å²) in [5, 5.41) is 4.39. The van der Waals surface area contributed by atoms with Gasteiger partial charge in [0, 0.05) is 6.21 Å². The van der Waals surface area contributed by atoms with Crippen LogP contribution >= 0.6 is 11.3 Å². The average molecular weight is 404 g/mol. The summed E-state index contributed by atoms with van der Waals surface area (Å²) in [5.74, 6) is 0.0523. The molecule has 4 nitrogen and oxygen atoms in total. The fourth-order valence-electron chi connectivity index (χ4n) is 2.43. The standard InChI is InChI=1S/C20H15F3N2O2S/c1-27-14-8-6-13(7-9-14)12-24-19-15(10-11-28-19)18(26)25-17-5-3-2-4-16(17)20(21,22)23/h2-12H,1H3,(H,25,26)/b24-12+. The van der Waals surface area contributed by atoms with Gasteiger partial charge in [-0.2, -0.15) is 13.2 Å². The van der Waals surface area contributed by atoms with Crippen molar-refractivity contribution in [3.8, 4) is 5.75 Å². The Labute approximate surface area is 163 Å². The molecule has 28 heavy (non-hydrogen) atoms. The first-order valence-electron chi connectivity index (χ1n) is 8.11. The predicted octanol–water partition coefficient (Wildman–Crippen LogP) is 5.78. The van der Waals surface area contributed by atoms with Crippen LogP contribution in [0.3, 0.4) is 0 Å². The Morgan fingerprint density at radius 2 is 1.82 bits per heavy atom. The molecule has 0 spiro atoms. The summed E-state index contributed by atoms with van der Waals surface area (Å²) in [5.41, 5.74) is -0.201. The number of thiophene rings is 1. The number of aliphatic imine (C=N–C) groups is 1. The topological polar surface area (TPSA) is 50.7 Å². The van der Waals surface area contributed by atoms with Gasteiger partial charge in [0.1, 0.15) is 10.8 Å². The lowest BCUT2D eigenvalue weighted by atomic mass is 10.1. The number of methoxy groups -OCH3 is 1. The molecule has 1 aromatic heterocycles. The first-order valence-corrected chi connectivity index (χ1v) is 8.99. The highest BCUT2D eigenvalue weighted by Crippen LogP contribution is 2.35. The van der Waals surface area contributed by atoms with Gasteiger partial charge in [-0.1, -0.05) is 12.1 Å². The van der Waals surface area contributed by atoms with Crippen molar-refractivity contribution in [2.24, 2.45) is 4.99 Å². The van der Waals surface area contributed by atoms with E-state index >= 15 is 0 Å². The number of amides is 1. The average Bonchev–Trinajstić information content (AvgIpc) is 3.15. The molecule has 0 bridgehead atoms. The molecule has 1 N–H and O–H groups in total. The maximum Gasteiger partial charge on any atom is 0.418 e. The molecule has 144 valence electrons. The third kappa shape index (κ3) is 4.58. The van der Waals surface area contributed by atoms with Crippen LogP contribution in [0.4, 0.5) is 23.9 Å². The van der Waals surface area contributed by atoms with Crippen molar-refractivity contribution >= 4 is 34.1 Å². The Morgan fingerprint density at radius 1 is 1.11 bits per heavy atom. The van der Waals surface area contributed by atoms with E-state index in [0.29, 0.717) is 10.8 Å². The van der Waals surface area contributed by atoms with E-state index in [0.717, 1.165) is 11.6 Å². The molecule has 0 aliphatic heterocycles. The Morgan fingerprint density at radius 3 is 2.50 bits per heavy atom. The highest BCUT2D eigenvalue weighted by atomic mass is 32.1. The molecule has 0 aliphatic rings. The quantitative estimate of drug-likeness (QED) is 0.548. The van der Waals surface area contributed by atoms with E-state index < -0.39 is 17.6 Å². The second-order valence-electron chi connectivity index (χ2n) is 5.67. The summed E-state index contributed by atoms with van der Waals surface area (Å²) in [7, 11) is 1.57. The fourth-order valence-corrected chi connectivity index (χ4v) is 3.16. The Balaban J connectivity index is 1.80. The van der Waals surface area contributed by atoms with Crippen LogP contribution < -0.4 is 10.1 Å². The number of rotatable bonds is 5. The van der Waals surface area contributed by atoms with Crippen molar-refractivity contribution in [2.45, 2.75) is 6.18 Å². The summed E-state index contributed by atoms with van der Waals surface area (Å²) >= 11 is 1.22. The Kier molecular flexibility index (Phi) is 5.79. The monoisotopic (exact) mass is 404 g/mol. The minimum Gasteiger partial charge on any atom is -0.497 e. The highest BCUT2D eigenvalue weighted by Gasteiger charge is 2.33. The SMILES string of the molecule is COc1ccc(/C=N/c2sccc2C(=O)Nc2ccccc2C(F)(F)F)cc1. The summed E-state index contributed by atoms with van der Waals surface area (Å²) in [6.07, 6.45) is -2.99. The molecule has 0 saturated heterocycles. The molecule has 0 radical (unpaired) electrons. The zero-order valence-corrected chi connectivity index (χ0v) is 15.5. The number of alkyl halides is 3. The number of ether oxygens (including phenoxy) is 1. The number of hydrogen-bond acceptors (Lipinski definition) is 4. The van der Waals surface area contributed by atoms with Gasteiger partial charge in [-0.05, 0) is 53.4 Å². The molecule has 8 heteroatoms. The van der Waals surface area contributed by atoms with E-state index in [9.17, 15) is 18.0 Å². The largest absolute Gasteiger partial charge is 0.497 e. The molecule has 1 amide bonds. The van der Waals surface area contributed by atoms with E-state index in [4.69, 9.17) is 4.74 Å². The maximum absolute atomic E-state index is 13.1. The van der Waals surface area contributed by atoms with E-state index in [1.807, 2.05) is 0 Å². The zero-order valence-electron chi connectivity index (χ0n) is 14.7. The molecule has 0 unspecified atom stereocenters. The van der Waals surface area contributed by atoms with Crippen molar-refractivity contribution in [1.82, 2.24) is 0 Å². The van der Waals surface area contributed by atoms with E-state index in [1.54, 1.807) is 43.0 Å². The van der Waals surface area contributed by atoms with Crippen molar-refractivity contribution < 1.29 is 22.7 Å². The third-order valence-corrected chi connectivity index (χ3v) is 4.64. The van der Waals surface area contributed by atoms with Gasteiger partial charge >= 0.3 is 6.18 Å². The zero-order chi connectivity index (χ0) is 20.1. The lowest BCUT2D eigenvalue weighted by Gasteiger charge is -2.13. The Bertz CT molecular complexity index is 995. The van der Waals surface area contributed by atoms with E-state index in [2.05, 4.69) is 10.3 Å². The number of hydrogen-bond donors (Lipinski definition) is 1. The van der Waals surface area contributed by atoms with Crippen molar-refractivity contribution in [3.63, 3.8) is 0 Å². The predicted molar refractivity (Wildman–Crippen MR) is 104 cm³/mol. The van der Waals surface area contributed by atoms with Crippen LogP contribution in [0, 0.1) is 0 Å². The van der Waals surface area contributed by atoms with Crippen molar-refractivity contribution in [1.29, 1.82) is 0 Å². The third-order valence-electron chi connectivity index (χ3n) is 3.82. The van der Waals surface area contributed by atoms with Gasteiger partial charge in [-0.15, -0.1) is 11.3 Å². The van der Waals surface area contributed by atoms with E-state index in [1.165, 1.54) is 35.6 Å². The molecule has 1 heterocycles. The second kappa shape index (κ2) is 8.26. The van der Waals surface area contributed by atoms with Gasteiger partial charge in [0.2, 0.25) is 0 Å². The van der Waals surface area contributed by atoms with Crippen molar-refractivity contribution in [3.05, 3.63) is 76.7 Å². The van der Waals surface area contributed by atoms with Gasteiger partial charge in [0.25, 0.3) is 5.91 Å². The summed E-state index contributed by atoms with van der Waals surface area (Å²) in [4.78, 5) is 16.8. The first kappa shape index (κ1) is 19.6. The second-order valence-corrected chi connectivity index (χ2v) is 6.56. The molecular formula is C20H15F3N2O2S. The van der Waals surface area contributed by atoms with Gasteiger partial charge in [0.15, 0.2) is 0 Å². The van der Waals surface area contributed by atoms with Crippen LogP contribution in [0.2, 0.25) is 0 Å². The van der Waals surface area contributed by atoms with Crippen LogP contribution in [0.5, 0.6) is 5.75 Å². The van der Waals surface area contributed by atoms with Crippen LogP contribution in [0.15, 0.2) is 65.0 Å². The summed E-state index contributed by atoms with van der Waals surface area (Å²) in [6, 6.07) is 13.5. The summed E-state index contributed by atoms with van der Waals surface area (Å²) < 4.78 is 44.4. The van der Waals surface area contributed by atoms with E-state index in [-0.39, 0.29) is 11.3 Å². The van der Waals surface area contributed by atoms with Crippen LogP contribution in [0.1, 0.15) is 21.5 Å². The van der Waals surface area contributed by atoms with Gasteiger partial charge in [-0.25, -0.2) is 4.99 Å². The maximum atomic E-state index is 13.1. The number of carbonyl (C=O) groups excluding carboxylic acids is 1. The van der Waals surface area contributed by atoms with Gasteiger partial charge in [0.05, 0.1) is 23.9 Å². The number of anilines is 1. The number of benzene rings is 2. The molecule has 0 saturated carbocycles. The minimum absolute atomic E-state index is 0.201. The number of carbonyl (C=O) groups is 1. The Hall–Kier alpha value is -3.13.